The number of sulfonamides is 1. The zero-order chi connectivity index (χ0) is 22.6. The molecule has 9 nitrogen and oxygen atoms in total. The molecule has 1 amide bonds. The molecule has 0 spiro atoms. The molecule has 0 saturated carbocycles. The molecule has 0 aliphatic carbocycles. The average Bonchev–Trinajstić information content (AvgIpc) is 2.77. The molecule has 2 aliphatic heterocycles. The zero-order valence-corrected chi connectivity index (χ0v) is 18.9. The van der Waals surface area contributed by atoms with Crippen molar-refractivity contribution in [1.29, 1.82) is 0 Å². The first-order valence-electron chi connectivity index (χ1n) is 10.5. The fraction of sp³-hybridized carbons (Fsp3) is 0.619. The summed E-state index contributed by atoms with van der Waals surface area (Å²) in [5.74, 6) is -0.0200. The van der Waals surface area contributed by atoms with Gasteiger partial charge in [0.2, 0.25) is 10.0 Å². The van der Waals surface area contributed by atoms with Crippen molar-refractivity contribution in [2.24, 2.45) is 11.8 Å². The fourth-order valence-electron chi connectivity index (χ4n) is 3.38. The number of hydrogen-bond donors (Lipinski definition) is 1. The van der Waals surface area contributed by atoms with Crippen LogP contribution >= 0.6 is 0 Å². The van der Waals surface area contributed by atoms with Gasteiger partial charge in [0.15, 0.2) is 18.1 Å². The third-order valence-corrected chi connectivity index (χ3v) is 7.57. The molecule has 1 saturated heterocycles. The molecule has 31 heavy (non-hydrogen) atoms. The molecule has 0 unspecified atom stereocenters. The number of benzene rings is 1. The zero-order valence-electron chi connectivity index (χ0n) is 18.1. The minimum Gasteiger partial charge on any atom is -0.486 e. The standard InChI is InChI=1S/C21H30N2O7S/c1-14(2)15(3)22-20(24)13-30-21(25)16-6-8-23(9-7-16)31(26,27)17-4-5-18-19(12-17)29-11-10-28-18/h4-5,12,14-16H,6-11,13H2,1-3H3,(H,22,24)/t15-/m0/s1. The molecule has 0 aromatic heterocycles. The van der Waals surface area contributed by atoms with E-state index in [0.717, 1.165) is 0 Å². The number of ether oxygens (including phenoxy) is 3. The third kappa shape index (κ3) is 5.68. The van der Waals surface area contributed by atoms with Crippen LogP contribution in [0.2, 0.25) is 0 Å². The second kappa shape index (κ2) is 9.86. The molecule has 1 N–H and O–H groups in total. The first kappa shape index (κ1) is 23.3. The number of fused-ring (bicyclic) bond motifs is 1. The van der Waals surface area contributed by atoms with Crippen molar-refractivity contribution in [3.05, 3.63) is 18.2 Å². The Hall–Kier alpha value is -2.33. The van der Waals surface area contributed by atoms with Crippen LogP contribution in [0.15, 0.2) is 23.1 Å². The van der Waals surface area contributed by atoms with E-state index in [1.54, 1.807) is 6.07 Å². The highest BCUT2D eigenvalue weighted by molar-refractivity contribution is 7.89. The Morgan fingerprint density at radius 2 is 1.77 bits per heavy atom. The summed E-state index contributed by atoms with van der Waals surface area (Å²) < 4.78 is 43.4. The van der Waals surface area contributed by atoms with Crippen LogP contribution in [0.1, 0.15) is 33.6 Å². The van der Waals surface area contributed by atoms with E-state index in [1.165, 1.54) is 16.4 Å². The van der Waals surface area contributed by atoms with Gasteiger partial charge in [0, 0.05) is 25.2 Å². The van der Waals surface area contributed by atoms with E-state index in [0.29, 0.717) is 37.6 Å². The maximum atomic E-state index is 13.0. The number of hydrogen-bond acceptors (Lipinski definition) is 7. The van der Waals surface area contributed by atoms with Crippen LogP contribution in [0.4, 0.5) is 0 Å². The highest BCUT2D eigenvalue weighted by Gasteiger charge is 2.33. The Bertz CT molecular complexity index is 908. The quantitative estimate of drug-likeness (QED) is 0.623. The average molecular weight is 455 g/mol. The first-order valence-corrected chi connectivity index (χ1v) is 12.0. The van der Waals surface area contributed by atoms with Crippen molar-refractivity contribution in [3.63, 3.8) is 0 Å². The first-order chi connectivity index (χ1) is 14.7. The molecule has 0 bridgehead atoms. The molecule has 3 rings (SSSR count). The lowest BCUT2D eigenvalue weighted by Crippen LogP contribution is -2.42. The van der Waals surface area contributed by atoms with Crippen molar-refractivity contribution >= 4 is 21.9 Å². The minimum absolute atomic E-state index is 0.0137. The number of rotatable bonds is 7. The van der Waals surface area contributed by atoms with Gasteiger partial charge >= 0.3 is 5.97 Å². The summed E-state index contributed by atoms with van der Waals surface area (Å²) in [6.07, 6.45) is 0.680. The van der Waals surface area contributed by atoms with Gasteiger partial charge < -0.3 is 19.5 Å². The summed E-state index contributed by atoms with van der Waals surface area (Å²) in [5.41, 5.74) is 0. The van der Waals surface area contributed by atoms with Gasteiger partial charge in [-0.3, -0.25) is 9.59 Å². The number of amides is 1. The molecular weight excluding hydrogens is 424 g/mol. The summed E-state index contributed by atoms with van der Waals surface area (Å²) in [6.45, 7) is 6.75. The Morgan fingerprint density at radius 3 is 2.42 bits per heavy atom. The summed E-state index contributed by atoms with van der Waals surface area (Å²) >= 11 is 0. The van der Waals surface area contributed by atoms with Crippen LogP contribution in [0.25, 0.3) is 0 Å². The van der Waals surface area contributed by atoms with Crippen LogP contribution in [0.3, 0.4) is 0 Å². The summed E-state index contributed by atoms with van der Waals surface area (Å²) in [6, 6.07) is 4.55. The fourth-order valence-corrected chi connectivity index (χ4v) is 4.87. The SMILES string of the molecule is CC(C)[C@H](C)NC(=O)COC(=O)C1CCN(S(=O)(=O)c2ccc3c(c2)OCCO3)CC1. The van der Waals surface area contributed by atoms with Gasteiger partial charge in [-0.25, -0.2) is 8.42 Å². The smallest absolute Gasteiger partial charge is 0.309 e. The Kier molecular flexibility index (Phi) is 7.42. The number of nitrogens with zero attached hydrogens (tertiary/aromatic N) is 1. The van der Waals surface area contributed by atoms with Crippen molar-refractivity contribution in [1.82, 2.24) is 9.62 Å². The van der Waals surface area contributed by atoms with Gasteiger partial charge in [-0.1, -0.05) is 13.8 Å². The van der Waals surface area contributed by atoms with Crippen molar-refractivity contribution in [2.75, 3.05) is 32.9 Å². The third-order valence-electron chi connectivity index (χ3n) is 5.67. The van der Waals surface area contributed by atoms with E-state index in [4.69, 9.17) is 14.2 Å². The molecule has 10 heteroatoms. The Morgan fingerprint density at radius 1 is 1.13 bits per heavy atom. The highest BCUT2D eigenvalue weighted by Crippen LogP contribution is 2.34. The van der Waals surface area contributed by atoms with E-state index in [-0.39, 0.29) is 42.5 Å². The van der Waals surface area contributed by atoms with Crippen LogP contribution in [-0.4, -0.2) is 63.6 Å². The van der Waals surface area contributed by atoms with Gasteiger partial charge in [0.25, 0.3) is 5.91 Å². The number of carbonyl (C=O) groups excluding carboxylic acids is 2. The molecular formula is C21H30N2O7S. The van der Waals surface area contributed by atoms with E-state index in [2.05, 4.69) is 5.32 Å². The predicted octanol–water partition coefficient (Wildman–Crippen LogP) is 1.56. The lowest BCUT2D eigenvalue weighted by molar-refractivity contribution is -0.153. The summed E-state index contributed by atoms with van der Waals surface area (Å²) in [7, 11) is -3.71. The molecule has 2 heterocycles. The number of piperidine rings is 1. The maximum absolute atomic E-state index is 13.0. The summed E-state index contributed by atoms with van der Waals surface area (Å²) in [4.78, 5) is 24.3. The second-order valence-corrected chi connectivity index (χ2v) is 10.1. The lowest BCUT2D eigenvalue weighted by atomic mass is 9.98. The van der Waals surface area contributed by atoms with Crippen LogP contribution in [0.5, 0.6) is 11.5 Å². The molecule has 2 aliphatic rings. The van der Waals surface area contributed by atoms with Crippen LogP contribution < -0.4 is 14.8 Å². The van der Waals surface area contributed by atoms with E-state index in [1.807, 2.05) is 20.8 Å². The monoisotopic (exact) mass is 454 g/mol. The largest absolute Gasteiger partial charge is 0.486 e. The molecule has 172 valence electrons. The van der Waals surface area contributed by atoms with Gasteiger partial charge in [-0.05, 0) is 37.8 Å². The number of carbonyl (C=O) groups is 2. The van der Waals surface area contributed by atoms with Crippen LogP contribution in [0, 0.1) is 11.8 Å². The van der Waals surface area contributed by atoms with E-state index < -0.39 is 21.9 Å². The molecule has 1 aromatic carbocycles. The number of esters is 1. The van der Waals surface area contributed by atoms with E-state index in [9.17, 15) is 18.0 Å². The van der Waals surface area contributed by atoms with Gasteiger partial charge in [-0.15, -0.1) is 0 Å². The minimum atomic E-state index is -3.71. The van der Waals surface area contributed by atoms with Gasteiger partial charge in [0.1, 0.15) is 13.2 Å². The Balaban J connectivity index is 1.51. The van der Waals surface area contributed by atoms with Crippen molar-refractivity contribution in [3.8, 4) is 11.5 Å². The molecule has 1 fully saturated rings. The van der Waals surface area contributed by atoms with Crippen molar-refractivity contribution < 1.29 is 32.2 Å². The molecule has 0 radical (unpaired) electrons. The molecule has 1 atom stereocenters. The second-order valence-electron chi connectivity index (χ2n) is 8.19. The Labute approximate surface area is 183 Å². The van der Waals surface area contributed by atoms with Crippen molar-refractivity contribution in [2.45, 2.75) is 44.6 Å². The highest BCUT2D eigenvalue weighted by atomic mass is 32.2. The lowest BCUT2D eigenvalue weighted by Gasteiger charge is -2.30. The molecule has 1 aromatic rings. The van der Waals surface area contributed by atoms with Gasteiger partial charge in [-0.2, -0.15) is 4.31 Å². The predicted molar refractivity (Wildman–Crippen MR) is 112 cm³/mol. The van der Waals surface area contributed by atoms with Crippen LogP contribution in [-0.2, 0) is 24.3 Å². The van der Waals surface area contributed by atoms with E-state index >= 15 is 0 Å². The topological polar surface area (TPSA) is 111 Å². The van der Waals surface area contributed by atoms with Gasteiger partial charge in [0.05, 0.1) is 10.8 Å². The number of nitrogens with one attached hydrogen (secondary N) is 1. The normalized spacial score (nSPS) is 18.5. The maximum Gasteiger partial charge on any atom is 0.309 e. The summed E-state index contributed by atoms with van der Waals surface area (Å²) in [5, 5.41) is 2.78.